The molecule has 6 heteroatoms. The second-order valence-electron chi connectivity index (χ2n) is 19.3. The fourth-order valence-corrected chi connectivity index (χ4v) is 9.57. The zero-order valence-electron chi connectivity index (χ0n) is 50.2. The van der Waals surface area contributed by atoms with Crippen LogP contribution in [0, 0.1) is 0 Å². The Hall–Kier alpha value is -8.09. The van der Waals surface area contributed by atoms with Crippen molar-refractivity contribution in [2.45, 2.75) is 65.7 Å². The summed E-state index contributed by atoms with van der Waals surface area (Å²) >= 11 is 0. The number of nitrogens with zero attached hydrogens (tertiary/aromatic N) is 4. The molecular weight excluding hydrogens is 857 g/mol. The van der Waals surface area contributed by atoms with Gasteiger partial charge in [-0.05, 0) is 93.6 Å². The highest BCUT2D eigenvalue weighted by Gasteiger charge is 2.32. The highest BCUT2D eigenvalue weighted by Crippen LogP contribution is 2.51. The van der Waals surface area contributed by atoms with E-state index in [1.165, 1.54) is 0 Å². The van der Waals surface area contributed by atoms with E-state index in [0.717, 1.165) is 55.6 Å². The first-order valence-corrected chi connectivity index (χ1v) is 23.7. The van der Waals surface area contributed by atoms with Crippen molar-refractivity contribution in [2.75, 3.05) is 16.5 Å². The molecule has 0 saturated heterocycles. The van der Waals surface area contributed by atoms with Crippen LogP contribution in [0.25, 0.3) is 49.9 Å². The van der Waals surface area contributed by atoms with E-state index in [9.17, 15) is 0 Å². The summed E-state index contributed by atoms with van der Waals surface area (Å²) in [6.07, 6.45) is 1.78. The quantitative estimate of drug-likeness (QED) is 0.129. The van der Waals surface area contributed by atoms with Gasteiger partial charge in [-0.25, -0.2) is 4.98 Å². The minimum absolute atomic E-state index is 0.0946. The Morgan fingerprint density at radius 1 is 0.543 bits per heavy atom. The van der Waals surface area contributed by atoms with Crippen LogP contribution in [-0.2, 0) is 5.41 Å². The molecule has 0 unspecified atom stereocenters. The molecule has 0 radical (unpaired) electrons. The molecule has 70 heavy (non-hydrogen) atoms. The van der Waals surface area contributed by atoms with Gasteiger partial charge in [0.15, 0.2) is 0 Å². The summed E-state index contributed by atoms with van der Waals surface area (Å²) in [6, 6.07) is 38.2. The van der Waals surface area contributed by atoms with Crippen molar-refractivity contribution in [3.8, 4) is 51.1 Å². The molecule has 8 aromatic carbocycles. The normalized spacial score (nSPS) is 14.6. The Morgan fingerprint density at radius 3 is 1.80 bits per heavy atom. The monoisotopic (exact) mass is 925 g/mol. The van der Waals surface area contributed by atoms with Gasteiger partial charge in [-0.15, -0.1) is 0 Å². The molecule has 346 valence electrons. The van der Waals surface area contributed by atoms with E-state index in [2.05, 4.69) is 100 Å². The van der Waals surface area contributed by atoms with Crippen LogP contribution in [0.5, 0.6) is 23.0 Å². The summed E-state index contributed by atoms with van der Waals surface area (Å²) in [5.74, 6) is 3.85. The Labute approximate surface area is 426 Å². The molecule has 2 aromatic heterocycles. The summed E-state index contributed by atoms with van der Waals surface area (Å²) < 4.78 is 104. The average molecular weight is 925 g/mol. The van der Waals surface area contributed by atoms with Gasteiger partial charge in [-0.2, -0.15) is 0 Å². The van der Waals surface area contributed by atoms with Crippen molar-refractivity contribution in [1.82, 2.24) is 9.55 Å². The molecule has 10 aromatic rings. The van der Waals surface area contributed by atoms with Gasteiger partial charge in [0.25, 0.3) is 0 Å². The number of para-hydroxylation sites is 5. The molecule has 1 aliphatic rings. The first-order chi connectivity index (χ1) is 38.1. The number of ether oxygens (including phenoxy) is 2. The standard InChI is InChI=1S/C64H58N4O2/c1-42(2)51-25-18-26-52(43(3)4)63(51)70-49-34-35-65-61(40-49)68-57-29-15-14-24-55(57)56-33-32-48(39-60(56)68)69-50-37-46(64(5,6)7)36-47(38-50)66-41-67(59-31-17-16-30-58(59)66)62-53(44-20-10-8-11-21-44)27-19-28-54(62)45-22-12-9-13-23-45/h8-40,42-43H,41H2,1-7H3/i8D,9D,10D,11D,12D,13D,20D,21D,22D,23D. The lowest BCUT2D eigenvalue weighted by molar-refractivity contribution is 0.462. The summed E-state index contributed by atoms with van der Waals surface area (Å²) in [7, 11) is 0. The van der Waals surface area contributed by atoms with Gasteiger partial charge in [0.2, 0.25) is 0 Å². The van der Waals surface area contributed by atoms with E-state index < -0.39 is 60.4 Å². The van der Waals surface area contributed by atoms with Gasteiger partial charge >= 0.3 is 0 Å². The highest BCUT2D eigenvalue weighted by atomic mass is 16.5. The third kappa shape index (κ3) is 8.23. The van der Waals surface area contributed by atoms with E-state index in [0.29, 0.717) is 34.4 Å². The Balaban J connectivity index is 1.04. The molecule has 1 aliphatic heterocycles. The van der Waals surface area contributed by atoms with Crippen molar-refractivity contribution in [1.29, 1.82) is 0 Å². The number of hydrogen-bond donors (Lipinski definition) is 0. The Kier molecular flexibility index (Phi) is 8.85. The van der Waals surface area contributed by atoms with Crippen molar-refractivity contribution in [2.24, 2.45) is 0 Å². The number of rotatable bonds is 11. The second-order valence-corrected chi connectivity index (χ2v) is 19.3. The van der Waals surface area contributed by atoms with Crippen LogP contribution in [0.15, 0.2) is 200 Å². The summed E-state index contributed by atoms with van der Waals surface area (Å²) in [6.45, 7) is 15.2. The third-order valence-electron chi connectivity index (χ3n) is 13.0. The topological polar surface area (TPSA) is 42.8 Å². The number of hydrogen-bond acceptors (Lipinski definition) is 5. The van der Waals surface area contributed by atoms with Crippen LogP contribution in [0.1, 0.15) is 90.7 Å². The van der Waals surface area contributed by atoms with Crippen LogP contribution in [0.2, 0.25) is 0 Å². The molecule has 6 nitrogen and oxygen atoms in total. The molecule has 0 amide bonds. The zero-order chi connectivity index (χ0) is 56.8. The number of anilines is 4. The number of aromatic nitrogens is 2. The minimum Gasteiger partial charge on any atom is -0.457 e. The minimum atomic E-state index is -0.555. The molecule has 0 bridgehead atoms. The maximum absolute atomic E-state index is 9.14. The van der Waals surface area contributed by atoms with E-state index in [-0.39, 0.29) is 46.2 Å². The molecule has 0 spiro atoms. The predicted molar refractivity (Wildman–Crippen MR) is 291 cm³/mol. The van der Waals surface area contributed by atoms with Crippen molar-refractivity contribution < 1.29 is 23.2 Å². The fourth-order valence-electron chi connectivity index (χ4n) is 9.57. The summed E-state index contributed by atoms with van der Waals surface area (Å²) in [4.78, 5) is 8.93. The van der Waals surface area contributed by atoms with Gasteiger partial charge in [-0.1, -0.05) is 176 Å². The number of fused-ring (bicyclic) bond motifs is 4. The highest BCUT2D eigenvalue weighted by molar-refractivity contribution is 6.09. The first-order valence-electron chi connectivity index (χ1n) is 28.7. The maximum Gasteiger partial charge on any atom is 0.141 e. The zero-order valence-corrected chi connectivity index (χ0v) is 40.2. The maximum atomic E-state index is 9.14. The molecule has 11 rings (SSSR count). The molecule has 0 N–H and O–H groups in total. The van der Waals surface area contributed by atoms with Crippen molar-refractivity contribution in [3.63, 3.8) is 0 Å². The van der Waals surface area contributed by atoms with Gasteiger partial charge in [0.1, 0.15) is 35.5 Å². The van der Waals surface area contributed by atoms with E-state index >= 15 is 0 Å². The van der Waals surface area contributed by atoms with Crippen LogP contribution >= 0.6 is 0 Å². The van der Waals surface area contributed by atoms with Gasteiger partial charge < -0.3 is 19.3 Å². The largest absolute Gasteiger partial charge is 0.457 e. The van der Waals surface area contributed by atoms with Crippen LogP contribution in [-0.4, -0.2) is 16.2 Å². The molecule has 0 fully saturated rings. The summed E-state index contributed by atoms with van der Waals surface area (Å²) in [5, 5.41) is 2.06. The van der Waals surface area contributed by atoms with Gasteiger partial charge in [-0.3, -0.25) is 4.57 Å². The average Bonchev–Trinajstić information content (AvgIpc) is 4.18. The Morgan fingerprint density at radius 2 is 1.14 bits per heavy atom. The lowest BCUT2D eigenvalue weighted by Gasteiger charge is -2.28. The second kappa shape index (κ2) is 18.1. The Bertz CT molecular complexity index is 3980. The van der Waals surface area contributed by atoms with Crippen molar-refractivity contribution >= 4 is 44.6 Å². The lowest BCUT2D eigenvalue weighted by Crippen LogP contribution is -2.25. The lowest BCUT2D eigenvalue weighted by atomic mass is 9.86. The van der Waals surface area contributed by atoms with Crippen LogP contribution in [0.4, 0.5) is 22.7 Å². The molecule has 0 aliphatic carbocycles. The fraction of sp³-hybridized carbons (Fsp3) is 0.172. The molecule has 3 heterocycles. The third-order valence-corrected chi connectivity index (χ3v) is 13.0. The van der Waals surface area contributed by atoms with Crippen LogP contribution in [0.3, 0.4) is 0 Å². The van der Waals surface area contributed by atoms with E-state index in [1.54, 1.807) is 24.4 Å². The molecular formula is C64H58N4O2. The van der Waals surface area contributed by atoms with Crippen molar-refractivity contribution in [3.05, 3.63) is 217 Å². The predicted octanol–water partition coefficient (Wildman–Crippen LogP) is 17.9. The smallest absolute Gasteiger partial charge is 0.141 e. The van der Waals surface area contributed by atoms with Gasteiger partial charge in [0.05, 0.1) is 41.8 Å². The van der Waals surface area contributed by atoms with Gasteiger partial charge in [0, 0.05) is 52.0 Å². The number of pyridine rings is 1. The molecule has 0 atom stereocenters. The molecule has 0 saturated carbocycles. The van der Waals surface area contributed by atoms with Crippen LogP contribution < -0.4 is 19.3 Å². The first kappa shape index (κ1) is 34.2. The van der Waals surface area contributed by atoms with E-state index in [1.807, 2.05) is 77.7 Å². The number of benzene rings is 8. The van der Waals surface area contributed by atoms with E-state index in [4.69, 9.17) is 28.2 Å². The summed E-state index contributed by atoms with van der Waals surface area (Å²) in [5.41, 5.74) is 7.42. The SMILES string of the molecule is [2H]c1c([2H])c([2H])c(-c2cccc(-c3c([2H])c([2H])c([2H])c([2H])c3[2H])c2N2CN(c3cc(Oc4ccc5c6ccccc6n(-c6cc(Oc7c(C(C)C)cccc7C(C)C)ccn6)c5c4)cc(C(C)(C)C)c3)c3ccccc32)c([2H])c1[2H].